The van der Waals surface area contributed by atoms with Crippen LogP contribution in [-0.4, -0.2) is 26.3 Å². The van der Waals surface area contributed by atoms with Crippen molar-refractivity contribution in [1.82, 2.24) is 4.72 Å². The molecule has 1 aromatic rings. The maximum absolute atomic E-state index is 11.8. The number of para-hydroxylation sites is 1. The highest BCUT2D eigenvalue weighted by atomic mass is 32.2. The number of benzene rings is 1. The van der Waals surface area contributed by atoms with Gasteiger partial charge in [-0.2, -0.15) is 5.26 Å². The van der Waals surface area contributed by atoms with Crippen molar-refractivity contribution in [3.05, 3.63) is 29.8 Å². The summed E-state index contributed by atoms with van der Waals surface area (Å²) in [7, 11) is -3.59. The Morgan fingerprint density at radius 2 is 2.26 bits per heavy atom. The number of fused-ring (bicyclic) bond motifs is 1. The Kier molecular flexibility index (Phi) is 4.08. The number of rotatable bonds is 5. The Morgan fingerprint density at radius 1 is 1.53 bits per heavy atom. The minimum absolute atomic E-state index is 0.190. The van der Waals surface area contributed by atoms with Crippen LogP contribution < -0.4 is 9.46 Å². The van der Waals surface area contributed by atoms with Gasteiger partial charge < -0.3 is 4.74 Å². The Hall–Kier alpha value is -1.58. The average Bonchev–Trinajstić information content (AvgIpc) is 2.80. The number of hydrogen-bond acceptors (Lipinski definition) is 4. The van der Waals surface area contributed by atoms with E-state index in [2.05, 4.69) is 4.72 Å². The highest BCUT2D eigenvalue weighted by Gasteiger charge is 2.27. The predicted octanol–water partition coefficient (Wildman–Crippen LogP) is 1.21. The van der Waals surface area contributed by atoms with Crippen LogP contribution >= 0.6 is 0 Å². The van der Waals surface area contributed by atoms with Gasteiger partial charge in [0.05, 0.1) is 6.07 Å². The molecule has 1 aliphatic heterocycles. The van der Waals surface area contributed by atoms with Gasteiger partial charge in [-0.1, -0.05) is 25.1 Å². The fourth-order valence-electron chi connectivity index (χ4n) is 2.06. The molecule has 0 radical (unpaired) electrons. The maximum atomic E-state index is 11.8. The normalized spacial score (nSPS) is 19.3. The molecule has 2 rings (SSSR count). The van der Waals surface area contributed by atoms with Crippen molar-refractivity contribution in [1.29, 1.82) is 5.26 Å². The number of sulfonamides is 1. The summed E-state index contributed by atoms with van der Waals surface area (Å²) in [5, 5.41) is 7.79. The summed E-state index contributed by atoms with van der Waals surface area (Å²) >= 11 is 0. The zero-order valence-corrected chi connectivity index (χ0v) is 11.5. The van der Waals surface area contributed by atoms with Crippen molar-refractivity contribution in [3.63, 3.8) is 0 Å². The van der Waals surface area contributed by atoms with Crippen molar-refractivity contribution in [2.75, 3.05) is 6.54 Å². The van der Waals surface area contributed by atoms with Crippen molar-refractivity contribution in [2.45, 2.75) is 31.1 Å². The summed E-state index contributed by atoms with van der Waals surface area (Å²) in [4.78, 5) is 0. The van der Waals surface area contributed by atoms with E-state index in [1.54, 1.807) is 13.0 Å². The van der Waals surface area contributed by atoms with Crippen molar-refractivity contribution >= 4 is 10.0 Å². The predicted molar refractivity (Wildman–Crippen MR) is 71.2 cm³/mol. The van der Waals surface area contributed by atoms with Crippen LogP contribution in [0.5, 0.6) is 5.75 Å². The number of nitrogens with one attached hydrogen (secondary N) is 1. The van der Waals surface area contributed by atoms with Gasteiger partial charge in [-0.25, -0.2) is 13.1 Å². The molecule has 2 atom stereocenters. The van der Waals surface area contributed by atoms with Crippen molar-refractivity contribution in [2.24, 2.45) is 0 Å². The molecule has 0 fully saturated rings. The highest BCUT2D eigenvalue weighted by molar-refractivity contribution is 7.90. The van der Waals surface area contributed by atoms with E-state index in [4.69, 9.17) is 10.00 Å². The van der Waals surface area contributed by atoms with Gasteiger partial charge in [0.2, 0.25) is 10.0 Å². The van der Waals surface area contributed by atoms with Crippen LogP contribution in [0.2, 0.25) is 0 Å². The van der Waals surface area contributed by atoms with Gasteiger partial charge in [0.15, 0.2) is 5.25 Å². The third-order valence-corrected chi connectivity index (χ3v) is 4.87. The summed E-state index contributed by atoms with van der Waals surface area (Å²) < 4.78 is 31.8. The van der Waals surface area contributed by atoms with Crippen molar-refractivity contribution in [3.8, 4) is 11.8 Å². The van der Waals surface area contributed by atoms with E-state index in [0.717, 1.165) is 11.3 Å². The Balaban J connectivity index is 1.94. The summed E-state index contributed by atoms with van der Waals surface area (Å²) in [6.45, 7) is 1.87. The Morgan fingerprint density at radius 3 is 2.89 bits per heavy atom. The van der Waals surface area contributed by atoms with Crippen LogP contribution in [0.15, 0.2) is 24.3 Å². The van der Waals surface area contributed by atoms with E-state index in [1.807, 2.05) is 24.3 Å². The molecule has 1 heterocycles. The molecule has 0 saturated heterocycles. The van der Waals surface area contributed by atoms with Gasteiger partial charge >= 0.3 is 0 Å². The monoisotopic (exact) mass is 280 g/mol. The number of nitriles is 1. The summed E-state index contributed by atoms with van der Waals surface area (Å²) in [5.41, 5.74) is 1.08. The summed E-state index contributed by atoms with van der Waals surface area (Å²) in [5.74, 6) is 0.805. The third-order valence-electron chi connectivity index (χ3n) is 3.12. The zero-order valence-electron chi connectivity index (χ0n) is 10.7. The van der Waals surface area contributed by atoms with E-state index >= 15 is 0 Å². The largest absolute Gasteiger partial charge is 0.488 e. The van der Waals surface area contributed by atoms with Gasteiger partial charge in [0, 0.05) is 13.0 Å². The molecule has 6 heteroatoms. The van der Waals surface area contributed by atoms with Gasteiger partial charge in [0.25, 0.3) is 0 Å². The van der Waals surface area contributed by atoms with Gasteiger partial charge in [-0.3, -0.25) is 0 Å². The standard InChI is InChI=1S/C13H16N2O3S/c1-2-12(8-14)19(16,17)15-9-11-7-10-5-3-4-6-13(10)18-11/h3-6,11-12,15H,2,7,9H2,1H3. The average molecular weight is 280 g/mol. The van der Waals surface area contributed by atoms with Gasteiger partial charge in [-0.05, 0) is 18.1 Å². The minimum atomic E-state index is -3.59. The van der Waals surface area contributed by atoms with Crippen LogP contribution in [0.3, 0.4) is 0 Å². The number of hydrogen-bond donors (Lipinski definition) is 1. The highest BCUT2D eigenvalue weighted by Crippen LogP contribution is 2.27. The van der Waals surface area contributed by atoms with E-state index in [0.29, 0.717) is 6.42 Å². The smallest absolute Gasteiger partial charge is 0.228 e. The summed E-state index contributed by atoms with van der Waals surface area (Å²) in [6.07, 6.45) is 0.753. The molecule has 1 N–H and O–H groups in total. The number of ether oxygens (including phenoxy) is 1. The van der Waals surface area contributed by atoms with Crippen LogP contribution in [0.4, 0.5) is 0 Å². The molecule has 1 aliphatic rings. The SMILES string of the molecule is CCC(C#N)S(=O)(=O)NCC1Cc2ccccc2O1. The first-order valence-corrected chi connectivity index (χ1v) is 7.74. The lowest BCUT2D eigenvalue weighted by Crippen LogP contribution is -2.39. The van der Waals surface area contributed by atoms with Crippen LogP contribution in [0, 0.1) is 11.3 Å². The molecule has 5 nitrogen and oxygen atoms in total. The van der Waals surface area contributed by atoms with Gasteiger partial charge in [0.1, 0.15) is 11.9 Å². The van der Waals surface area contributed by atoms with Crippen LogP contribution in [-0.2, 0) is 16.4 Å². The molecule has 0 bridgehead atoms. The molecule has 0 spiro atoms. The van der Waals surface area contributed by atoms with E-state index in [9.17, 15) is 8.42 Å². The zero-order chi connectivity index (χ0) is 13.9. The van der Waals surface area contributed by atoms with Crippen LogP contribution in [0.25, 0.3) is 0 Å². The first kappa shape index (κ1) is 13.8. The quantitative estimate of drug-likeness (QED) is 0.879. The molecule has 0 amide bonds. The first-order chi connectivity index (χ1) is 9.06. The third kappa shape index (κ3) is 3.06. The lowest BCUT2D eigenvalue weighted by atomic mass is 10.1. The van der Waals surface area contributed by atoms with Crippen LogP contribution in [0.1, 0.15) is 18.9 Å². The molecule has 102 valence electrons. The fraction of sp³-hybridized carbons (Fsp3) is 0.462. The Bertz CT molecular complexity index is 567. The first-order valence-electron chi connectivity index (χ1n) is 6.19. The molecule has 2 unspecified atom stereocenters. The van der Waals surface area contributed by atoms with Crippen molar-refractivity contribution < 1.29 is 13.2 Å². The molecule has 0 aliphatic carbocycles. The topological polar surface area (TPSA) is 79.2 Å². The Labute approximate surface area is 113 Å². The molecular weight excluding hydrogens is 264 g/mol. The fourth-order valence-corrected chi connectivity index (χ4v) is 3.25. The van der Waals surface area contributed by atoms with Gasteiger partial charge in [-0.15, -0.1) is 0 Å². The maximum Gasteiger partial charge on any atom is 0.228 e. The number of nitrogens with zero attached hydrogens (tertiary/aromatic N) is 1. The second kappa shape index (κ2) is 5.59. The lowest BCUT2D eigenvalue weighted by molar-refractivity contribution is 0.236. The second-order valence-corrected chi connectivity index (χ2v) is 6.42. The van der Waals surface area contributed by atoms with E-state index < -0.39 is 15.3 Å². The second-order valence-electron chi connectivity index (χ2n) is 4.47. The minimum Gasteiger partial charge on any atom is -0.488 e. The van der Waals surface area contributed by atoms with E-state index in [-0.39, 0.29) is 19.1 Å². The summed E-state index contributed by atoms with van der Waals surface area (Å²) in [6, 6.07) is 9.44. The molecule has 1 aromatic carbocycles. The molecular formula is C13H16N2O3S. The molecule has 19 heavy (non-hydrogen) atoms. The van der Waals surface area contributed by atoms with E-state index in [1.165, 1.54) is 0 Å². The molecule has 0 saturated carbocycles. The molecule has 0 aromatic heterocycles. The lowest BCUT2D eigenvalue weighted by Gasteiger charge is -2.14.